The van der Waals surface area contributed by atoms with Crippen LogP contribution in [0.5, 0.6) is 5.75 Å². The first-order valence-electron chi connectivity index (χ1n) is 6.07. The number of para-hydroxylation sites is 1. The second kappa shape index (κ2) is 6.75. The molecule has 1 aromatic rings. The van der Waals surface area contributed by atoms with Gasteiger partial charge in [0, 0.05) is 24.4 Å². The second-order valence-electron chi connectivity index (χ2n) is 4.28. The summed E-state index contributed by atoms with van der Waals surface area (Å²) in [4.78, 5) is 0. The highest BCUT2D eigenvalue weighted by molar-refractivity contribution is 7.90. The molecule has 0 spiro atoms. The molecule has 0 heterocycles. The van der Waals surface area contributed by atoms with E-state index in [-0.39, 0.29) is 11.8 Å². The first-order valence-corrected chi connectivity index (χ1v) is 8.13. The molecule has 1 atom stereocenters. The summed E-state index contributed by atoms with van der Waals surface area (Å²) in [6.45, 7) is 5.01. The van der Waals surface area contributed by atoms with Gasteiger partial charge in [0.05, 0.1) is 12.4 Å². The fourth-order valence-corrected chi connectivity index (χ4v) is 2.18. The minimum absolute atomic E-state index is 0.0644. The van der Waals surface area contributed by atoms with Gasteiger partial charge in [-0.15, -0.1) is 0 Å². The van der Waals surface area contributed by atoms with E-state index in [1.54, 1.807) is 0 Å². The Morgan fingerprint density at radius 1 is 1.33 bits per heavy atom. The molecular weight excluding hydrogens is 250 g/mol. The van der Waals surface area contributed by atoms with E-state index in [0.29, 0.717) is 13.2 Å². The topological polar surface area (TPSA) is 55.4 Å². The molecule has 0 saturated heterocycles. The van der Waals surface area contributed by atoms with Gasteiger partial charge in [-0.25, -0.2) is 8.42 Å². The normalized spacial score (nSPS) is 13.3. The second-order valence-corrected chi connectivity index (χ2v) is 6.54. The van der Waals surface area contributed by atoms with E-state index in [9.17, 15) is 8.42 Å². The van der Waals surface area contributed by atoms with Crippen LogP contribution in [-0.2, 0) is 9.84 Å². The maximum absolute atomic E-state index is 11.1. The summed E-state index contributed by atoms with van der Waals surface area (Å²) < 4.78 is 27.7. The van der Waals surface area contributed by atoms with Crippen LogP contribution in [-0.4, -0.2) is 33.6 Å². The van der Waals surface area contributed by atoms with Crippen molar-refractivity contribution in [1.82, 2.24) is 5.32 Å². The molecule has 0 amide bonds. The predicted octanol–water partition coefficient (Wildman–Crippen LogP) is 1.78. The zero-order chi connectivity index (χ0) is 13.6. The van der Waals surface area contributed by atoms with Crippen molar-refractivity contribution in [1.29, 1.82) is 0 Å². The molecule has 0 aliphatic rings. The molecule has 1 unspecified atom stereocenters. The fourth-order valence-electron chi connectivity index (χ4n) is 1.70. The fraction of sp³-hybridized carbons (Fsp3) is 0.538. The molecule has 1 N–H and O–H groups in total. The average Bonchev–Trinajstić information content (AvgIpc) is 2.28. The molecule has 0 saturated carbocycles. The van der Waals surface area contributed by atoms with Crippen molar-refractivity contribution in [2.45, 2.75) is 19.9 Å². The van der Waals surface area contributed by atoms with E-state index in [0.717, 1.165) is 11.3 Å². The Labute approximate surface area is 109 Å². The maximum atomic E-state index is 11.1. The number of benzene rings is 1. The van der Waals surface area contributed by atoms with Gasteiger partial charge < -0.3 is 10.1 Å². The zero-order valence-electron chi connectivity index (χ0n) is 11.1. The molecule has 5 heteroatoms. The highest BCUT2D eigenvalue weighted by atomic mass is 32.2. The summed E-state index contributed by atoms with van der Waals surface area (Å²) in [5.74, 6) is 0.994. The number of rotatable bonds is 7. The zero-order valence-corrected chi connectivity index (χ0v) is 12.0. The van der Waals surface area contributed by atoms with Crippen molar-refractivity contribution in [3.63, 3.8) is 0 Å². The van der Waals surface area contributed by atoms with Gasteiger partial charge in [0.15, 0.2) is 0 Å². The predicted molar refractivity (Wildman–Crippen MR) is 73.7 cm³/mol. The van der Waals surface area contributed by atoms with Crippen LogP contribution in [0.4, 0.5) is 0 Å². The Balaban J connectivity index is 2.63. The largest absolute Gasteiger partial charge is 0.494 e. The van der Waals surface area contributed by atoms with Crippen molar-refractivity contribution in [2.75, 3.05) is 25.2 Å². The first-order chi connectivity index (χ1) is 8.44. The van der Waals surface area contributed by atoms with E-state index >= 15 is 0 Å². The Kier molecular flexibility index (Phi) is 5.62. The first kappa shape index (κ1) is 15.0. The molecule has 18 heavy (non-hydrogen) atoms. The quantitative estimate of drug-likeness (QED) is 0.821. The summed E-state index contributed by atoms with van der Waals surface area (Å²) >= 11 is 0. The van der Waals surface area contributed by atoms with Crippen molar-refractivity contribution >= 4 is 9.84 Å². The smallest absolute Gasteiger partial charge is 0.148 e. The molecular formula is C13H21NO3S. The minimum atomic E-state index is -2.92. The van der Waals surface area contributed by atoms with Gasteiger partial charge in [-0.05, 0) is 19.9 Å². The van der Waals surface area contributed by atoms with Gasteiger partial charge in [0.25, 0.3) is 0 Å². The Bertz CT molecular complexity index is 471. The lowest BCUT2D eigenvalue weighted by atomic mass is 10.1. The number of hydrogen-bond donors (Lipinski definition) is 1. The molecule has 0 fully saturated rings. The van der Waals surface area contributed by atoms with Crippen molar-refractivity contribution in [2.24, 2.45) is 0 Å². The molecule has 0 bridgehead atoms. The van der Waals surface area contributed by atoms with Crippen molar-refractivity contribution in [3.8, 4) is 5.75 Å². The van der Waals surface area contributed by atoms with E-state index < -0.39 is 9.84 Å². The van der Waals surface area contributed by atoms with Crippen LogP contribution in [0.3, 0.4) is 0 Å². The van der Waals surface area contributed by atoms with Gasteiger partial charge in [0.2, 0.25) is 0 Å². The SMILES string of the molecule is CCOc1ccccc1C(C)NCCS(C)(=O)=O. The lowest BCUT2D eigenvalue weighted by Gasteiger charge is -2.17. The van der Waals surface area contributed by atoms with Crippen LogP contribution >= 0.6 is 0 Å². The molecule has 102 valence electrons. The van der Waals surface area contributed by atoms with Crippen LogP contribution in [0, 0.1) is 0 Å². The number of nitrogens with one attached hydrogen (secondary N) is 1. The molecule has 4 nitrogen and oxygen atoms in total. The molecule has 1 aromatic carbocycles. The maximum Gasteiger partial charge on any atom is 0.148 e. The van der Waals surface area contributed by atoms with Gasteiger partial charge in [-0.1, -0.05) is 18.2 Å². The molecule has 0 aliphatic carbocycles. The third-order valence-corrected chi connectivity index (χ3v) is 3.55. The highest BCUT2D eigenvalue weighted by Gasteiger charge is 2.11. The third-order valence-electron chi connectivity index (χ3n) is 2.61. The van der Waals surface area contributed by atoms with Crippen molar-refractivity contribution in [3.05, 3.63) is 29.8 Å². The average molecular weight is 271 g/mol. The van der Waals surface area contributed by atoms with E-state index in [4.69, 9.17) is 4.74 Å². The van der Waals surface area contributed by atoms with Gasteiger partial charge >= 0.3 is 0 Å². The van der Waals surface area contributed by atoms with Crippen LogP contribution < -0.4 is 10.1 Å². The van der Waals surface area contributed by atoms with E-state index in [1.807, 2.05) is 38.1 Å². The minimum Gasteiger partial charge on any atom is -0.494 e. The summed E-state index contributed by atoms with van der Waals surface area (Å²) in [7, 11) is -2.92. The monoisotopic (exact) mass is 271 g/mol. The van der Waals surface area contributed by atoms with Gasteiger partial charge in [-0.3, -0.25) is 0 Å². The third kappa shape index (κ3) is 5.06. The van der Waals surface area contributed by atoms with Gasteiger partial charge in [0.1, 0.15) is 15.6 Å². The Hall–Kier alpha value is -1.07. The molecule has 0 aromatic heterocycles. The molecule has 0 radical (unpaired) electrons. The highest BCUT2D eigenvalue weighted by Crippen LogP contribution is 2.24. The standard InChI is InChI=1S/C13H21NO3S/c1-4-17-13-8-6-5-7-12(13)11(2)14-9-10-18(3,15)16/h5-8,11,14H,4,9-10H2,1-3H3. The van der Waals surface area contributed by atoms with Gasteiger partial charge in [-0.2, -0.15) is 0 Å². The Morgan fingerprint density at radius 3 is 2.61 bits per heavy atom. The van der Waals surface area contributed by atoms with Crippen molar-refractivity contribution < 1.29 is 13.2 Å². The number of hydrogen-bond acceptors (Lipinski definition) is 4. The number of sulfone groups is 1. The molecule has 0 aliphatic heterocycles. The number of ether oxygens (including phenoxy) is 1. The lowest BCUT2D eigenvalue weighted by molar-refractivity contribution is 0.332. The lowest BCUT2D eigenvalue weighted by Crippen LogP contribution is -2.25. The van der Waals surface area contributed by atoms with Crippen LogP contribution in [0.2, 0.25) is 0 Å². The molecule has 1 rings (SSSR count). The van der Waals surface area contributed by atoms with Crippen LogP contribution in [0.25, 0.3) is 0 Å². The van der Waals surface area contributed by atoms with E-state index in [2.05, 4.69) is 5.32 Å². The summed E-state index contributed by atoms with van der Waals surface area (Å²) in [6, 6.07) is 7.86. The summed E-state index contributed by atoms with van der Waals surface area (Å²) in [5, 5.41) is 3.20. The van der Waals surface area contributed by atoms with E-state index in [1.165, 1.54) is 6.26 Å². The summed E-state index contributed by atoms with van der Waals surface area (Å²) in [5.41, 5.74) is 1.05. The van der Waals surface area contributed by atoms with Crippen LogP contribution in [0.1, 0.15) is 25.5 Å². The Morgan fingerprint density at radius 2 is 2.00 bits per heavy atom. The summed E-state index contributed by atoms with van der Waals surface area (Å²) in [6.07, 6.45) is 1.24. The van der Waals surface area contributed by atoms with Crippen LogP contribution in [0.15, 0.2) is 24.3 Å².